The highest BCUT2D eigenvalue weighted by Gasteiger charge is 1.97. The monoisotopic (exact) mass is 260 g/mol. The van der Waals surface area contributed by atoms with E-state index in [9.17, 15) is 0 Å². The molecule has 13 heavy (non-hydrogen) atoms. The first-order valence-electron chi connectivity index (χ1n) is 3.91. The molecule has 0 heterocycles. The Morgan fingerprint density at radius 2 is 2.23 bits per heavy atom. The van der Waals surface area contributed by atoms with Crippen LogP contribution in [-0.4, -0.2) is 11.2 Å². The third-order valence-electron chi connectivity index (χ3n) is 1.52. The zero-order valence-electron chi connectivity index (χ0n) is 7.17. The molecule has 70 valence electrons. The van der Waals surface area contributed by atoms with Gasteiger partial charge in [0.2, 0.25) is 0 Å². The van der Waals surface area contributed by atoms with Gasteiger partial charge in [-0.05, 0) is 24.6 Å². The third-order valence-corrected chi connectivity index (χ3v) is 2.34. The molecule has 1 atom stereocenters. The van der Waals surface area contributed by atoms with E-state index >= 15 is 0 Å². The fraction of sp³-hybridized carbons (Fsp3) is 0.200. The van der Waals surface area contributed by atoms with Crippen molar-refractivity contribution in [1.82, 2.24) is 0 Å². The second-order valence-corrected chi connectivity index (χ2v) is 4.09. The molecule has 0 saturated heterocycles. The van der Waals surface area contributed by atoms with Crippen LogP contribution in [0.5, 0.6) is 0 Å². The van der Waals surface area contributed by atoms with Gasteiger partial charge in [0.25, 0.3) is 0 Å². The summed E-state index contributed by atoms with van der Waals surface area (Å²) < 4.78 is 0.951. The standard InChI is InChI=1S/C10H10BrClO/c1-7(13)2-3-8-4-5-9(11)6-10(8)12/h2-7,13H,1H3/b3-2+. The molecule has 0 aliphatic carbocycles. The summed E-state index contributed by atoms with van der Waals surface area (Å²) in [5.74, 6) is 0. The molecule has 0 saturated carbocycles. The highest BCUT2D eigenvalue weighted by molar-refractivity contribution is 9.10. The molecule has 0 spiro atoms. The van der Waals surface area contributed by atoms with E-state index in [0.29, 0.717) is 5.02 Å². The first kappa shape index (κ1) is 10.8. The average molecular weight is 262 g/mol. The second kappa shape index (κ2) is 4.80. The molecule has 0 radical (unpaired) electrons. The van der Waals surface area contributed by atoms with Crippen molar-refractivity contribution in [2.75, 3.05) is 0 Å². The van der Waals surface area contributed by atoms with Crippen LogP contribution in [0.3, 0.4) is 0 Å². The van der Waals surface area contributed by atoms with Crippen molar-refractivity contribution in [3.8, 4) is 0 Å². The summed E-state index contributed by atoms with van der Waals surface area (Å²) in [4.78, 5) is 0. The van der Waals surface area contributed by atoms with Crippen molar-refractivity contribution < 1.29 is 5.11 Å². The Morgan fingerprint density at radius 3 is 2.77 bits per heavy atom. The topological polar surface area (TPSA) is 20.2 Å². The predicted octanol–water partition coefficient (Wildman–Crippen LogP) is 3.50. The number of aliphatic hydroxyl groups is 1. The van der Waals surface area contributed by atoms with E-state index in [1.54, 1.807) is 19.1 Å². The summed E-state index contributed by atoms with van der Waals surface area (Å²) in [6.45, 7) is 1.70. The highest BCUT2D eigenvalue weighted by atomic mass is 79.9. The van der Waals surface area contributed by atoms with E-state index in [4.69, 9.17) is 16.7 Å². The Balaban J connectivity index is 2.90. The van der Waals surface area contributed by atoms with Gasteiger partial charge < -0.3 is 5.11 Å². The molecule has 0 aliphatic heterocycles. The molecule has 0 fully saturated rings. The van der Waals surface area contributed by atoms with Crippen molar-refractivity contribution in [2.24, 2.45) is 0 Å². The average Bonchev–Trinajstić information content (AvgIpc) is 2.02. The van der Waals surface area contributed by atoms with Crippen LogP contribution in [0.4, 0.5) is 0 Å². The molecular weight excluding hydrogens is 251 g/mol. The van der Waals surface area contributed by atoms with E-state index in [-0.39, 0.29) is 0 Å². The van der Waals surface area contributed by atoms with Crippen LogP contribution in [0.25, 0.3) is 6.08 Å². The molecule has 0 bridgehead atoms. The zero-order valence-corrected chi connectivity index (χ0v) is 9.51. The summed E-state index contributed by atoms with van der Waals surface area (Å²) in [6, 6.07) is 5.63. The van der Waals surface area contributed by atoms with Gasteiger partial charge in [0.1, 0.15) is 0 Å². The Hall–Kier alpha value is -0.310. The number of aliphatic hydroxyl groups excluding tert-OH is 1. The molecule has 3 heteroatoms. The van der Waals surface area contributed by atoms with Gasteiger partial charge in [-0.1, -0.05) is 45.7 Å². The first-order chi connectivity index (χ1) is 6.09. The number of benzene rings is 1. The van der Waals surface area contributed by atoms with Crippen molar-refractivity contribution in [3.05, 3.63) is 39.3 Å². The van der Waals surface area contributed by atoms with Crippen molar-refractivity contribution in [2.45, 2.75) is 13.0 Å². The van der Waals surface area contributed by atoms with Gasteiger partial charge in [-0.25, -0.2) is 0 Å². The van der Waals surface area contributed by atoms with E-state index in [1.165, 1.54) is 0 Å². The Labute approximate surface area is 91.2 Å². The summed E-state index contributed by atoms with van der Waals surface area (Å²) in [5, 5.41) is 9.69. The predicted molar refractivity (Wildman–Crippen MR) is 59.9 cm³/mol. The lowest BCUT2D eigenvalue weighted by molar-refractivity contribution is 0.245. The van der Waals surface area contributed by atoms with Gasteiger partial charge in [-0.3, -0.25) is 0 Å². The highest BCUT2D eigenvalue weighted by Crippen LogP contribution is 2.22. The lowest BCUT2D eigenvalue weighted by Gasteiger charge is -1.99. The number of rotatable bonds is 2. The Kier molecular flexibility index (Phi) is 3.97. The van der Waals surface area contributed by atoms with Crippen LogP contribution in [0.15, 0.2) is 28.7 Å². The summed E-state index contributed by atoms with van der Waals surface area (Å²) in [7, 11) is 0. The fourth-order valence-corrected chi connectivity index (χ4v) is 1.62. The smallest absolute Gasteiger partial charge is 0.0696 e. The molecule has 0 amide bonds. The van der Waals surface area contributed by atoms with Crippen molar-refractivity contribution in [1.29, 1.82) is 0 Å². The summed E-state index contributed by atoms with van der Waals surface area (Å²) >= 11 is 9.27. The zero-order chi connectivity index (χ0) is 9.84. The molecule has 1 aromatic rings. The maximum Gasteiger partial charge on any atom is 0.0696 e. The van der Waals surface area contributed by atoms with Crippen molar-refractivity contribution >= 4 is 33.6 Å². The lowest BCUT2D eigenvalue weighted by atomic mass is 10.2. The third kappa shape index (κ3) is 3.51. The molecule has 1 rings (SSSR count). The minimum absolute atomic E-state index is 0.445. The first-order valence-corrected chi connectivity index (χ1v) is 5.08. The summed E-state index contributed by atoms with van der Waals surface area (Å²) in [5.41, 5.74) is 0.908. The minimum Gasteiger partial charge on any atom is -0.389 e. The van der Waals surface area contributed by atoms with Crippen molar-refractivity contribution in [3.63, 3.8) is 0 Å². The van der Waals surface area contributed by atoms with Gasteiger partial charge in [0.05, 0.1) is 6.10 Å². The Bertz CT molecular complexity index is 321. The van der Waals surface area contributed by atoms with Gasteiger partial charge in [0, 0.05) is 9.50 Å². The van der Waals surface area contributed by atoms with Gasteiger partial charge in [-0.15, -0.1) is 0 Å². The number of halogens is 2. The number of hydrogen-bond donors (Lipinski definition) is 1. The fourth-order valence-electron chi connectivity index (χ4n) is 0.880. The van der Waals surface area contributed by atoms with Crippen LogP contribution >= 0.6 is 27.5 Å². The molecular formula is C10H10BrClO. The van der Waals surface area contributed by atoms with Crippen LogP contribution in [0.2, 0.25) is 5.02 Å². The maximum atomic E-state index is 9.02. The number of hydrogen-bond acceptors (Lipinski definition) is 1. The molecule has 1 nitrogen and oxygen atoms in total. The van der Waals surface area contributed by atoms with E-state index in [1.807, 2.05) is 18.2 Å². The van der Waals surface area contributed by atoms with E-state index in [0.717, 1.165) is 10.0 Å². The summed E-state index contributed by atoms with van der Waals surface area (Å²) in [6.07, 6.45) is 3.05. The van der Waals surface area contributed by atoms with Crippen LogP contribution in [0, 0.1) is 0 Å². The van der Waals surface area contributed by atoms with Crippen LogP contribution in [-0.2, 0) is 0 Å². The van der Waals surface area contributed by atoms with E-state index < -0.39 is 6.10 Å². The molecule has 1 N–H and O–H groups in total. The lowest BCUT2D eigenvalue weighted by Crippen LogP contribution is -1.91. The molecule has 1 unspecified atom stereocenters. The van der Waals surface area contributed by atoms with Gasteiger partial charge in [-0.2, -0.15) is 0 Å². The molecule has 1 aromatic carbocycles. The van der Waals surface area contributed by atoms with Gasteiger partial charge >= 0.3 is 0 Å². The molecule has 0 aromatic heterocycles. The normalized spacial score (nSPS) is 13.5. The van der Waals surface area contributed by atoms with Crippen LogP contribution < -0.4 is 0 Å². The molecule has 0 aliphatic rings. The van der Waals surface area contributed by atoms with E-state index in [2.05, 4.69) is 15.9 Å². The maximum absolute atomic E-state index is 9.02. The Morgan fingerprint density at radius 1 is 1.54 bits per heavy atom. The SMILES string of the molecule is CC(O)/C=C/c1ccc(Br)cc1Cl. The largest absolute Gasteiger partial charge is 0.389 e. The minimum atomic E-state index is -0.445. The van der Waals surface area contributed by atoms with Gasteiger partial charge in [0.15, 0.2) is 0 Å². The quantitative estimate of drug-likeness (QED) is 0.864. The second-order valence-electron chi connectivity index (χ2n) is 2.77. The van der Waals surface area contributed by atoms with Crippen LogP contribution in [0.1, 0.15) is 12.5 Å².